The van der Waals surface area contributed by atoms with Crippen LogP contribution in [-0.2, 0) is 0 Å². The molecule has 0 spiro atoms. The SMILES string of the molecule is C[C@@H](CN(C)C(=O)c1cc2nc(Cl)ccc2s1)NC(=O)c1csc([N+](=O)[O-])c1. The number of thiophene rings is 2. The number of rotatable bonds is 6. The van der Waals surface area contributed by atoms with Crippen molar-refractivity contribution in [3.63, 3.8) is 0 Å². The molecule has 3 heterocycles. The highest BCUT2D eigenvalue weighted by molar-refractivity contribution is 7.20. The van der Waals surface area contributed by atoms with E-state index < -0.39 is 10.8 Å². The molecule has 3 aromatic heterocycles. The number of amides is 2. The zero-order valence-corrected chi connectivity index (χ0v) is 17.2. The predicted molar refractivity (Wildman–Crippen MR) is 109 cm³/mol. The number of nitro groups is 1. The largest absolute Gasteiger partial charge is 0.348 e. The standard InChI is InChI=1S/C17H15ClN4O4S2/c1-9(19-16(23)10-5-15(22(25)26)27-8-10)7-21(2)17(24)13-6-11-12(28-13)3-4-14(18)20-11/h3-6,8-9H,7H2,1-2H3,(H,19,23)/t9-/m0/s1. The lowest BCUT2D eigenvalue weighted by Crippen LogP contribution is -2.42. The van der Waals surface area contributed by atoms with Crippen LogP contribution in [0.5, 0.6) is 0 Å². The summed E-state index contributed by atoms with van der Waals surface area (Å²) in [4.78, 5) is 41.3. The molecule has 146 valence electrons. The van der Waals surface area contributed by atoms with Crippen molar-refractivity contribution in [2.45, 2.75) is 13.0 Å². The van der Waals surface area contributed by atoms with Crippen molar-refractivity contribution in [3.8, 4) is 0 Å². The van der Waals surface area contributed by atoms with Gasteiger partial charge in [0.2, 0.25) is 0 Å². The van der Waals surface area contributed by atoms with Gasteiger partial charge in [0.25, 0.3) is 11.8 Å². The molecule has 1 N–H and O–H groups in total. The van der Waals surface area contributed by atoms with E-state index in [4.69, 9.17) is 11.6 Å². The maximum absolute atomic E-state index is 12.7. The summed E-state index contributed by atoms with van der Waals surface area (Å²) in [6, 6.07) is 6.07. The second-order valence-corrected chi connectivity index (χ2v) is 8.48. The molecular formula is C17H15ClN4O4S2. The minimum absolute atomic E-state index is 0.0939. The summed E-state index contributed by atoms with van der Waals surface area (Å²) in [7, 11) is 1.64. The van der Waals surface area contributed by atoms with E-state index in [1.807, 2.05) is 6.07 Å². The third-order valence-electron chi connectivity index (χ3n) is 3.85. The summed E-state index contributed by atoms with van der Waals surface area (Å²) >= 11 is 8.10. The maximum Gasteiger partial charge on any atom is 0.324 e. The highest BCUT2D eigenvalue weighted by Gasteiger charge is 2.20. The molecule has 0 aliphatic heterocycles. The minimum Gasteiger partial charge on any atom is -0.348 e. The van der Waals surface area contributed by atoms with E-state index in [2.05, 4.69) is 10.3 Å². The van der Waals surface area contributed by atoms with Gasteiger partial charge in [-0.3, -0.25) is 19.7 Å². The number of likely N-dealkylation sites (N-methyl/N-ethyl adjacent to an activating group) is 1. The fraction of sp³-hybridized carbons (Fsp3) is 0.235. The van der Waals surface area contributed by atoms with Crippen molar-refractivity contribution in [2.24, 2.45) is 0 Å². The first kappa shape index (κ1) is 20.2. The number of carbonyl (C=O) groups excluding carboxylic acids is 2. The van der Waals surface area contributed by atoms with Crippen LogP contribution in [0.1, 0.15) is 27.0 Å². The summed E-state index contributed by atoms with van der Waals surface area (Å²) in [5.41, 5.74) is 0.889. The van der Waals surface area contributed by atoms with Gasteiger partial charge >= 0.3 is 5.00 Å². The molecule has 0 aliphatic rings. The number of nitrogens with zero attached hydrogens (tertiary/aromatic N) is 3. The second kappa shape index (κ2) is 8.21. The molecule has 3 aromatic rings. The van der Waals surface area contributed by atoms with Gasteiger partial charge in [-0.1, -0.05) is 22.9 Å². The smallest absolute Gasteiger partial charge is 0.324 e. The number of fused-ring (bicyclic) bond motifs is 1. The van der Waals surface area contributed by atoms with Crippen molar-refractivity contribution in [2.75, 3.05) is 13.6 Å². The molecule has 0 saturated heterocycles. The predicted octanol–water partition coefficient (Wildman–Crippen LogP) is 3.81. The number of halogens is 1. The number of nitrogens with one attached hydrogen (secondary N) is 1. The molecular weight excluding hydrogens is 424 g/mol. The third-order valence-corrected chi connectivity index (χ3v) is 6.02. The first-order valence-corrected chi connectivity index (χ1v) is 10.2. The molecule has 11 heteroatoms. The molecule has 0 fully saturated rings. The Morgan fingerprint density at radius 1 is 1.39 bits per heavy atom. The van der Waals surface area contributed by atoms with Crippen molar-refractivity contribution in [1.29, 1.82) is 0 Å². The molecule has 8 nitrogen and oxygen atoms in total. The third kappa shape index (κ3) is 4.46. The second-order valence-electron chi connectivity index (χ2n) is 6.12. The lowest BCUT2D eigenvalue weighted by molar-refractivity contribution is -0.380. The van der Waals surface area contributed by atoms with E-state index >= 15 is 0 Å². The maximum atomic E-state index is 12.7. The lowest BCUT2D eigenvalue weighted by Gasteiger charge is -2.21. The molecule has 0 unspecified atom stereocenters. The van der Waals surface area contributed by atoms with E-state index in [9.17, 15) is 19.7 Å². The van der Waals surface area contributed by atoms with Gasteiger partial charge in [-0.25, -0.2) is 4.98 Å². The number of aromatic nitrogens is 1. The highest BCUT2D eigenvalue weighted by Crippen LogP contribution is 2.26. The van der Waals surface area contributed by atoms with E-state index in [1.165, 1.54) is 27.7 Å². The van der Waals surface area contributed by atoms with Crippen LogP contribution in [-0.4, -0.2) is 46.3 Å². The van der Waals surface area contributed by atoms with Crippen molar-refractivity contribution >= 4 is 61.3 Å². The molecule has 0 saturated carbocycles. The number of hydrogen-bond donors (Lipinski definition) is 1. The van der Waals surface area contributed by atoms with E-state index in [0.717, 1.165) is 16.0 Å². The van der Waals surface area contributed by atoms with Crippen molar-refractivity contribution < 1.29 is 14.5 Å². The summed E-state index contributed by atoms with van der Waals surface area (Å²) in [6.07, 6.45) is 0. The Bertz CT molecular complexity index is 1060. The van der Waals surface area contributed by atoms with Crippen LogP contribution in [0.2, 0.25) is 5.15 Å². The van der Waals surface area contributed by atoms with Crippen LogP contribution < -0.4 is 5.32 Å². The zero-order valence-electron chi connectivity index (χ0n) is 14.8. The summed E-state index contributed by atoms with van der Waals surface area (Å²) in [6.45, 7) is 2.04. The van der Waals surface area contributed by atoms with Gasteiger partial charge in [-0.2, -0.15) is 0 Å². The van der Waals surface area contributed by atoms with Crippen LogP contribution in [0.25, 0.3) is 10.2 Å². The van der Waals surface area contributed by atoms with E-state index in [1.54, 1.807) is 26.1 Å². The van der Waals surface area contributed by atoms with Gasteiger partial charge < -0.3 is 10.2 Å². The van der Waals surface area contributed by atoms with Gasteiger partial charge in [0.15, 0.2) is 0 Å². The van der Waals surface area contributed by atoms with Gasteiger partial charge in [0, 0.05) is 31.1 Å². The number of carbonyl (C=O) groups is 2. The average Bonchev–Trinajstić information content (AvgIpc) is 3.27. The average molecular weight is 439 g/mol. The molecule has 2 amide bonds. The van der Waals surface area contributed by atoms with Crippen molar-refractivity contribution in [3.05, 3.63) is 55.4 Å². The molecule has 0 aromatic carbocycles. The Morgan fingerprint density at radius 2 is 2.14 bits per heavy atom. The number of pyridine rings is 1. The molecule has 3 rings (SSSR count). The quantitative estimate of drug-likeness (QED) is 0.358. The zero-order chi connectivity index (χ0) is 20.4. The van der Waals surface area contributed by atoms with Crippen LogP contribution in [0.3, 0.4) is 0 Å². The molecule has 0 radical (unpaired) electrons. The lowest BCUT2D eigenvalue weighted by atomic mass is 10.2. The van der Waals surface area contributed by atoms with Crippen LogP contribution >= 0.6 is 34.3 Å². The first-order valence-electron chi connectivity index (χ1n) is 8.10. The fourth-order valence-corrected chi connectivity index (χ4v) is 4.43. The Hall–Kier alpha value is -2.56. The molecule has 28 heavy (non-hydrogen) atoms. The molecule has 0 aliphatic carbocycles. The normalized spacial score (nSPS) is 12.0. The monoisotopic (exact) mass is 438 g/mol. The van der Waals surface area contributed by atoms with Gasteiger partial charge in [-0.05, 0) is 25.1 Å². The van der Waals surface area contributed by atoms with E-state index in [-0.39, 0.29) is 29.1 Å². The summed E-state index contributed by atoms with van der Waals surface area (Å²) < 4.78 is 0.863. The van der Waals surface area contributed by atoms with Crippen LogP contribution in [0.15, 0.2) is 29.6 Å². The first-order chi connectivity index (χ1) is 13.2. The Labute approximate surface area is 172 Å². The highest BCUT2D eigenvalue weighted by atomic mass is 35.5. The molecule has 0 bridgehead atoms. The Balaban J connectivity index is 1.62. The summed E-state index contributed by atoms with van der Waals surface area (Å²) in [5.74, 6) is -0.607. The Morgan fingerprint density at radius 3 is 2.82 bits per heavy atom. The van der Waals surface area contributed by atoms with Crippen LogP contribution in [0.4, 0.5) is 5.00 Å². The Kier molecular flexibility index (Phi) is 5.92. The van der Waals surface area contributed by atoms with E-state index in [0.29, 0.717) is 15.5 Å². The fourth-order valence-electron chi connectivity index (χ4n) is 2.58. The molecule has 1 atom stereocenters. The van der Waals surface area contributed by atoms with Crippen molar-refractivity contribution in [1.82, 2.24) is 15.2 Å². The van der Waals surface area contributed by atoms with Gasteiger partial charge in [0.05, 0.1) is 25.6 Å². The van der Waals surface area contributed by atoms with Crippen LogP contribution in [0, 0.1) is 10.1 Å². The number of hydrogen-bond acceptors (Lipinski definition) is 7. The van der Waals surface area contributed by atoms with Gasteiger partial charge in [-0.15, -0.1) is 11.3 Å². The minimum atomic E-state index is -0.537. The summed E-state index contributed by atoms with van der Waals surface area (Å²) in [5, 5.41) is 15.2. The van der Waals surface area contributed by atoms with Gasteiger partial charge in [0.1, 0.15) is 5.15 Å². The topological polar surface area (TPSA) is 105 Å².